The number of fused-ring (bicyclic) bond motifs is 4. The average molecular weight is 908 g/mol. The Hall–Kier alpha value is -4.10. The van der Waals surface area contributed by atoms with E-state index < -0.39 is 21.3 Å². The molecule has 0 aromatic heterocycles. The number of halogens is 3. The zero-order valence-corrected chi connectivity index (χ0v) is 39.4. The first-order valence-corrected chi connectivity index (χ1v) is 24.4. The van der Waals surface area contributed by atoms with E-state index in [1.165, 1.54) is 80.7 Å². The number of rotatable bonds is 6. The van der Waals surface area contributed by atoms with Crippen LogP contribution in [-0.4, -0.2) is 3.21 Å². The molecular weight excluding hydrogens is 858 g/mol. The van der Waals surface area contributed by atoms with Crippen LogP contribution in [0.1, 0.15) is 81.3 Å². The molecule has 0 heterocycles. The molecule has 2 aliphatic rings. The van der Waals surface area contributed by atoms with E-state index in [0.29, 0.717) is 0 Å². The molecule has 0 saturated carbocycles. The fraction of sp³-hybridized carbons (Fsp3) is 0.182. The fourth-order valence-electron chi connectivity index (χ4n) is 9.20. The van der Waals surface area contributed by atoms with Crippen molar-refractivity contribution in [1.82, 2.24) is 0 Å². The maximum Gasteiger partial charge on any atom is -1.00 e. The second kappa shape index (κ2) is 17.1. The van der Waals surface area contributed by atoms with Crippen molar-refractivity contribution in [1.29, 1.82) is 0 Å². The second-order valence-corrected chi connectivity index (χ2v) is 24.1. The van der Waals surface area contributed by atoms with Crippen LogP contribution in [0.15, 0.2) is 167 Å². The van der Waals surface area contributed by atoms with Crippen molar-refractivity contribution in [2.24, 2.45) is 0 Å². The van der Waals surface area contributed by atoms with Crippen LogP contribution in [0.3, 0.4) is 0 Å². The minimum atomic E-state index is -3.19. The maximum absolute atomic E-state index is 6.67. The molecule has 0 spiro atoms. The molecule has 0 fully saturated rings. The van der Waals surface area contributed by atoms with E-state index in [0.717, 1.165) is 17.9 Å². The summed E-state index contributed by atoms with van der Waals surface area (Å²) in [7, 11) is 0. The Morgan fingerprint density at radius 2 is 1.20 bits per heavy atom. The fourth-order valence-corrected chi connectivity index (χ4v) is 17.9. The summed E-state index contributed by atoms with van der Waals surface area (Å²) in [6.45, 7) is 14.3. The monoisotopic (exact) mass is 904 g/mol. The van der Waals surface area contributed by atoms with E-state index in [4.69, 9.17) is 11.6 Å². The van der Waals surface area contributed by atoms with Crippen molar-refractivity contribution in [2.75, 3.05) is 0 Å². The van der Waals surface area contributed by atoms with Gasteiger partial charge in [0.2, 0.25) is 0 Å². The summed E-state index contributed by atoms with van der Waals surface area (Å²) in [6, 6.07) is 54.7. The van der Waals surface area contributed by atoms with Crippen molar-refractivity contribution < 1.29 is 46.1 Å². The molecule has 294 valence electrons. The summed E-state index contributed by atoms with van der Waals surface area (Å²) in [4.78, 5) is 0. The van der Waals surface area contributed by atoms with Gasteiger partial charge in [0, 0.05) is 0 Å². The number of hydrogen-bond acceptors (Lipinski definition) is 0. The van der Waals surface area contributed by atoms with Crippen LogP contribution in [0.2, 0.25) is 5.02 Å². The van der Waals surface area contributed by atoms with E-state index >= 15 is 0 Å². The number of hydrogen-bond donors (Lipinski definition) is 0. The number of allylic oxidation sites excluding steroid dienone is 4. The van der Waals surface area contributed by atoms with Gasteiger partial charge in [-0.1, -0.05) is 0 Å². The third kappa shape index (κ3) is 8.10. The van der Waals surface area contributed by atoms with E-state index in [1.54, 1.807) is 6.55 Å². The summed E-state index contributed by atoms with van der Waals surface area (Å²) >= 11 is 3.48. The summed E-state index contributed by atoms with van der Waals surface area (Å²) in [5, 5.41) is 3.35. The molecule has 0 unspecified atom stereocenters. The molecule has 0 N–H and O–H groups in total. The molecular formula is C55H49Cl3Zr. The van der Waals surface area contributed by atoms with Gasteiger partial charge in [0.15, 0.2) is 0 Å². The zero-order chi connectivity index (χ0) is 39.5. The molecule has 7 aromatic carbocycles. The molecule has 9 rings (SSSR count). The van der Waals surface area contributed by atoms with Crippen molar-refractivity contribution in [3.05, 3.63) is 206 Å². The van der Waals surface area contributed by atoms with Gasteiger partial charge in [-0.25, -0.2) is 0 Å². The summed E-state index contributed by atoms with van der Waals surface area (Å²) < 4.78 is 4.74. The Balaban J connectivity index is 0.00000264. The van der Waals surface area contributed by atoms with Gasteiger partial charge in [-0.05, 0) is 0 Å². The van der Waals surface area contributed by atoms with Crippen LogP contribution in [0.5, 0.6) is 0 Å². The van der Waals surface area contributed by atoms with E-state index in [9.17, 15) is 0 Å². The standard InChI is InChI=1S/C33H33.C17H11Cl.C5H5.2ClH.Zr/c1-32(2,3)30-20-26-24(18-28(30)22-13-9-7-10-14-22)17-25-19-29(23-15-11-8-12-16-23)31(21-27(25)26)33(4,5)6;18-16-10-8-13(9-11-16)12-15-6-3-5-14-4-1-2-7-17(14)15;1-2-4-5-3-1;;;/h7-16,18,20-21H,17H2,1-6H3;1-11H;1-3H,4H2;2*1H;/q;;;;;+2/p-2. The quantitative estimate of drug-likeness (QED) is 0.158. The molecule has 0 saturated heterocycles. The van der Waals surface area contributed by atoms with Gasteiger partial charge in [-0.2, -0.15) is 0 Å². The molecule has 0 bridgehead atoms. The minimum absolute atomic E-state index is 0. The Kier molecular flexibility index (Phi) is 12.5. The molecule has 0 atom stereocenters. The Morgan fingerprint density at radius 3 is 1.85 bits per heavy atom. The van der Waals surface area contributed by atoms with Gasteiger partial charge in [0.05, 0.1) is 0 Å². The first-order chi connectivity index (χ1) is 27.5. The van der Waals surface area contributed by atoms with Crippen molar-refractivity contribution in [2.45, 2.75) is 65.2 Å². The third-order valence-corrected chi connectivity index (χ3v) is 19.8. The Morgan fingerprint density at radius 1 is 0.593 bits per heavy atom. The average Bonchev–Trinajstić information content (AvgIpc) is 3.88. The van der Waals surface area contributed by atoms with Crippen LogP contribution in [0.4, 0.5) is 0 Å². The Labute approximate surface area is 376 Å². The molecule has 4 heteroatoms. The van der Waals surface area contributed by atoms with Crippen molar-refractivity contribution in [3.8, 4) is 33.4 Å². The van der Waals surface area contributed by atoms with Crippen molar-refractivity contribution >= 4 is 28.9 Å². The van der Waals surface area contributed by atoms with E-state index in [-0.39, 0.29) is 35.6 Å². The molecule has 0 nitrogen and oxygen atoms in total. The predicted octanol–water partition coefficient (Wildman–Crippen LogP) is 8.36. The molecule has 0 radical (unpaired) electrons. The first-order valence-electron chi connectivity index (χ1n) is 20.3. The molecule has 7 aromatic rings. The molecule has 0 aliphatic heterocycles. The number of benzene rings is 7. The summed E-state index contributed by atoms with van der Waals surface area (Å²) in [5.41, 5.74) is 16.5. The predicted molar refractivity (Wildman–Crippen MR) is 243 cm³/mol. The third-order valence-electron chi connectivity index (χ3n) is 11.9. The van der Waals surface area contributed by atoms with Gasteiger partial charge < -0.3 is 24.8 Å². The topological polar surface area (TPSA) is 0 Å². The molecule has 59 heavy (non-hydrogen) atoms. The largest absolute Gasteiger partial charge is 1.00 e. The molecule has 2 aliphatic carbocycles. The van der Waals surface area contributed by atoms with Gasteiger partial charge >= 0.3 is 354 Å². The second-order valence-electron chi connectivity index (χ2n) is 17.8. The van der Waals surface area contributed by atoms with Crippen LogP contribution in [-0.2, 0) is 38.5 Å². The van der Waals surface area contributed by atoms with Gasteiger partial charge in [-0.3, -0.25) is 0 Å². The minimum Gasteiger partial charge on any atom is -1.00 e. The Bertz CT molecular complexity index is 2770. The SMILES string of the molecule is CC(C)(C)c1cc2c(cc1-c1ccccc1)Cc1c-2cc(C(C)(C)C)c(-c2ccccc2)[c]1/[Zr+2]([C]1=CC=CC1)=[C](\c1ccc(Cl)cc1)c1cccc2ccccc12.[Cl-].[Cl-]. The van der Waals surface area contributed by atoms with E-state index in [1.807, 2.05) is 0 Å². The summed E-state index contributed by atoms with van der Waals surface area (Å²) in [6.07, 6.45) is 9.07. The van der Waals surface area contributed by atoms with Gasteiger partial charge in [0.25, 0.3) is 0 Å². The normalized spacial score (nSPS) is 13.3. The van der Waals surface area contributed by atoms with Crippen LogP contribution >= 0.6 is 11.6 Å². The first kappa shape index (κ1) is 43.0. The zero-order valence-electron chi connectivity index (χ0n) is 34.6. The van der Waals surface area contributed by atoms with Crippen molar-refractivity contribution in [3.63, 3.8) is 0 Å². The van der Waals surface area contributed by atoms with E-state index in [2.05, 4.69) is 205 Å². The van der Waals surface area contributed by atoms with Crippen LogP contribution in [0.25, 0.3) is 44.2 Å². The van der Waals surface area contributed by atoms with Gasteiger partial charge in [-0.15, -0.1) is 0 Å². The summed E-state index contributed by atoms with van der Waals surface area (Å²) in [5.74, 6) is 0. The molecule has 0 amide bonds. The smallest absolute Gasteiger partial charge is 1.00 e. The van der Waals surface area contributed by atoms with Gasteiger partial charge in [0.1, 0.15) is 0 Å². The van der Waals surface area contributed by atoms with Crippen LogP contribution < -0.4 is 28.1 Å². The maximum atomic E-state index is 6.67. The van der Waals surface area contributed by atoms with Crippen LogP contribution in [0, 0.1) is 0 Å².